The van der Waals surface area contributed by atoms with Crippen LogP contribution in [0.15, 0.2) is 54.6 Å². The van der Waals surface area contributed by atoms with Crippen LogP contribution in [0.5, 0.6) is 5.75 Å². The number of thiophene rings is 1. The summed E-state index contributed by atoms with van der Waals surface area (Å²) in [7, 11) is 0. The van der Waals surface area contributed by atoms with E-state index in [-0.39, 0.29) is 0 Å². The van der Waals surface area contributed by atoms with Gasteiger partial charge in [0, 0.05) is 15.1 Å². The largest absolute Gasteiger partial charge is 0.489 e. The first-order chi connectivity index (χ1) is 13.6. The number of aliphatic hydroxyl groups is 4. The molecule has 1 saturated heterocycles. The van der Waals surface area contributed by atoms with E-state index in [1.165, 1.54) is 11.3 Å². The molecule has 0 radical (unpaired) electrons. The van der Waals surface area contributed by atoms with Crippen LogP contribution in [-0.2, 0) is 11.3 Å². The average Bonchev–Trinajstić information content (AvgIpc) is 3.16. The monoisotopic (exact) mass is 402 g/mol. The van der Waals surface area contributed by atoms with Gasteiger partial charge in [-0.15, -0.1) is 11.3 Å². The van der Waals surface area contributed by atoms with Crippen molar-refractivity contribution in [3.63, 3.8) is 0 Å². The lowest BCUT2D eigenvalue weighted by Gasteiger charge is -2.39. The van der Waals surface area contributed by atoms with Crippen molar-refractivity contribution < 1.29 is 29.9 Å². The Balaban J connectivity index is 1.61. The van der Waals surface area contributed by atoms with E-state index in [1.807, 2.05) is 54.6 Å². The molecule has 7 heteroatoms. The van der Waals surface area contributed by atoms with Gasteiger partial charge < -0.3 is 29.9 Å². The highest BCUT2D eigenvalue weighted by Gasteiger charge is 2.44. The molecule has 0 spiro atoms. The first-order valence-corrected chi connectivity index (χ1v) is 9.90. The summed E-state index contributed by atoms with van der Waals surface area (Å²) in [6.07, 6.45) is -5.78. The predicted octanol–water partition coefficient (Wildman–Crippen LogP) is 2.00. The number of hydrogen-bond acceptors (Lipinski definition) is 7. The van der Waals surface area contributed by atoms with Crippen molar-refractivity contribution in [2.75, 3.05) is 6.61 Å². The molecular formula is C21H22O6S. The van der Waals surface area contributed by atoms with Crippen LogP contribution in [0.3, 0.4) is 0 Å². The number of ether oxygens (including phenoxy) is 2. The summed E-state index contributed by atoms with van der Waals surface area (Å²) in [6.45, 7) is -0.0432. The summed E-state index contributed by atoms with van der Waals surface area (Å²) < 4.78 is 12.6. The zero-order valence-corrected chi connectivity index (χ0v) is 15.8. The second kappa shape index (κ2) is 8.16. The van der Waals surface area contributed by atoms with Crippen LogP contribution in [-0.4, -0.2) is 51.4 Å². The highest BCUT2D eigenvalue weighted by molar-refractivity contribution is 7.19. The van der Waals surface area contributed by atoms with Crippen molar-refractivity contribution in [3.8, 4) is 5.75 Å². The van der Waals surface area contributed by atoms with Crippen LogP contribution in [0.1, 0.15) is 16.5 Å². The van der Waals surface area contributed by atoms with Crippen molar-refractivity contribution in [1.82, 2.24) is 0 Å². The maximum atomic E-state index is 10.4. The third kappa shape index (κ3) is 3.65. The van der Waals surface area contributed by atoms with Crippen LogP contribution < -0.4 is 4.74 Å². The lowest BCUT2D eigenvalue weighted by molar-refractivity contribution is -0.230. The Bertz CT molecular complexity index is 925. The molecular weight excluding hydrogens is 380 g/mol. The van der Waals surface area contributed by atoms with Crippen LogP contribution in [0.4, 0.5) is 0 Å². The van der Waals surface area contributed by atoms with Gasteiger partial charge in [0.15, 0.2) is 0 Å². The van der Waals surface area contributed by atoms with Gasteiger partial charge in [-0.25, -0.2) is 0 Å². The van der Waals surface area contributed by atoms with Gasteiger partial charge in [-0.05, 0) is 23.6 Å². The Morgan fingerprint density at radius 2 is 1.71 bits per heavy atom. The van der Waals surface area contributed by atoms with E-state index in [0.717, 1.165) is 26.3 Å². The minimum absolute atomic E-state index is 0.399. The molecule has 3 aromatic rings. The maximum Gasteiger partial charge on any atom is 0.121 e. The molecule has 2 heterocycles. The van der Waals surface area contributed by atoms with Gasteiger partial charge in [-0.2, -0.15) is 0 Å². The summed E-state index contributed by atoms with van der Waals surface area (Å²) >= 11 is 1.45. The van der Waals surface area contributed by atoms with Gasteiger partial charge in [-0.3, -0.25) is 0 Å². The molecule has 28 heavy (non-hydrogen) atoms. The van der Waals surface area contributed by atoms with Crippen LogP contribution in [0.2, 0.25) is 0 Å². The maximum absolute atomic E-state index is 10.4. The number of rotatable bonds is 5. The van der Waals surface area contributed by atoms with Gasteiger partial charge >= 0.3 is 0 Å². The number of benzene rings is 2. The van der Waals surface area contributed by atoms with Gasteiger partial charge in [-0.1, -0.05) is 36.4 Å². The fraction of sp³-hybridized carbons (Fsp3) is 0.333. The van der Waals surface area contributed by atoms with Crippen molar-refractivity contribution >= 4 is 21.4 Å². The molecule has 1 fully saturated rings. The molecule has 148 valence electrons. The van der Waals surface area contributed by atoms with Crippen molar-refractivity contribution in [1.29, 1.82) is 0 Å². The molecule has 0 unspecified atom stereocenters. The van der Waals surface area contributed by atoms with Crippen LogP contribution >= 0.6 is 11.3 Å². The summed E-state index contributed by atoms with van der Waals surface area (Å²) in [5, 5.41) is 40.8. The Labute approximate surface area is 166 Å². The van der Waals surface area contributed by atoms with Gasteiger partial charge in [0.25, 0.3) is 0 Å². The van der Waals surface area contributed by atoms with Crippen molar-refractivity contribution in [2.45, 2.75) is 37.1 Å². The molecule has 6 nitrogen and oxygen atoms in total. The fourth-order valence-electron chi connectivity index (χ4n) is 3.41. The molecule has 0 saturated carbocycles. The number of aliphatic hydroxyl groups excluding tert-OH is 4. The summed E-state index contributed by atoms with van der Waals surface area (Å²) in [5.41, 5.74) is 1.00. The topological polar surface area (TPSA) is 99.4 Å². The second-order valence-corrected chi connectivity index (χ2v) is 7.92. The molecule has 1 aliphatic rings. The highest BCUT2D eigenvalue weighted by atomic mass is 32.1. The molecule has 0 bridgehead atoms. The third-order valence-electron chi connectivity index (χ3n) is 4.95. The van der Waals surface area contributed by atoms with E-state index in [0.29, 0.717) is 6.61 Å². The third-order valence-corrected chi connectivity index (χ3v) is 6.24. The minimum Gasteiger partial charge on any atom is -0.489 e. The van der Waals surface area contributed by atoms with Crippen molar-refractivity contribution in [3.05, 3.63) is 65.0 Å². The molecule has 1 aromatic heterocycles. The molecule has 0 aliphatic carbocycles. The molecule has 5 atom stereocenters. The molecule has 4 N–H and O–H groups in total. The fourth-order valence-corrected chi connectivity index (χ4v) is 4.65. The van der Waals surface area contributed by atoms with E-state index in [1.54, 1.807) is 0 Å². The molecule has 0 amide bonds. The number of para-hydroxylation sites is 1. The first-order valence-electron chi connectivity index (χ1n) is 9.08. The van der Waals surface area contributed by atoms with E-state index in [2.05, 4.69) is 0 Å². The van der Waals surface area contributed by atoms with E-state index in [4.69, 9.17) is 9.47 Å². The molecule has 4 rings (SSSR count). The standard InChI is InChI=1S/C21H22O6S/c22-10-15-17(23)18(24)19(25)20(27-15)16-9-12-5-4-6-13(21(12)28-16)11-26-14-7-2-1-3-8-14/h1-9,15,17-20,22-25H,10-11H2/t15-,17-,18+,19-,20+/m1/s1. The minimum atomic E-state index is -1.39. The summed E-state index contributed by atoms with van der Waals surface area (Å²) in [4.78, 5) is 0.721. The zero-order valence-electron chi connectivity index (χ0n) is 15.0. The van der Waals surface area contributed by atoms with Gasteiger partial charge in [0.2, 0.25) is 0 Å². The summed E-state index contributed by atoms with van der Waals surface area (Å²) in [5.74, 6) is 0.783. The van der Waals surface area contributed by atoms with E-state index >= 15 is 0 Å². The number of fused-ring (bicyclic) bond motifs is 1. The SMILES string of the molecule is OC[C@H]1O[C@@H](c2cc3cccc(COc4ccccc4)c3s2)[C@H](O)[C@@H](O)[C@@H]1O. The normalized spacial score (nSPS) is 27.8. The lowest BCUT2D eigenvalue weighted by Crippen LogP contribution is -2.55. The molecule has 2 aromatic carbocycles. The smallest absolute Gasteiger partial charge is 0.121 e. The Morgan fingerprint density at radius 1 is 0.929 bits per heavy atom. The highest BCUT2D eigenvalue weighted by Crippen LogP contribution is 2.39. The number of hydrogen-bond donors (Lipinski definition) is 4. The van der Waals surface area contributed by atoms with Gasteiger partial charge in [0.05, 0.1) is 6.61 Å². The molecule has 1 aliphatic heterocycles. The lowest BCUT2D eigenvalue weighted by atomic mass is 9.94. The van der Waals surface area contributed by atoms with Crippen LogP contribution in [0.25, 0.3) is 10.1 Å². The second-order valence-electron chi connectivity index (χ2n) is 6.84. The van der Waals surface area contributed by atoms with Crippen LogP contribution in [0, 0.1) is 0 Å². The Morgan fingerprint density at radius 3 is 2.46 bits per heavy atom. The van der Waals surface area contributed by atoms with E-state index < -0.39 is 37.1 Å². The predicted molar refractivity (Wildman–Crippen MR) is 105 cm³/mol. The van der Waals surface area contributed by atoms with Crippen molar-refractivity contribution in [2.24, 2.45) is 0 Å². The van der Waals surface area contributed by atoms with Gasteiger partial charge in [0.1, 0.15) is 42.9 Å². The zero-order chi connectivity index (χ0) is 19.7. The first kappa shape index (κ1) is 19.3. The Hall–Kier alpha value is -2.00. The summed E-state index contributed by atoms with van der Waals surface area (Å²) in [6, 6.07) is 17.3. The Kier molecular flexibility index (Phi) is 5.63. The van der Waals surface area contributed by atoms with E-state index in [9.17, 15) is 20.4 Å². The quantitative estimate of drug-likeness (QED) is 0.521. The average molecular weight is 402 g/mol.